The minimum Gasteiger partial charge on any atom is -0.294 e. The maximum Gasteiger partial charge on any atom is 0.169 e. The Morgan fingerprint density at radius 3 is 2.67 bits per heavy atom. The summed E-state index contributed by atoms with van der Waals surface area (Å²) < 4.78 is 2.69. The van der Waals surface area contributed by atoms with E-state index in [0.29, 0.717) is 22.2 Å². The summed E-state index contributed by atoms with van der Waals surface area (Å²) in [6, 6.07) is 5.32. The SMILES string of the molecule is CCc1nn(CC)c(CC(=O)c2cc(Cl)ccc2I)c1Cl. The van der Waals surface area contributed by atoms with Crippen LogP contribution < -0.4 is 0 Å². The van der Waals surface area contributed by atoms with Gasteiger partial charge in [-0.05, 0) is 54.1 Å². The lowest BCUT2D eigenvalue weighted by Gasteiger charge is -2.07. The molecule has 0 spiro atoms. The van der Waals surface area contributed by atoms with Crippen LogP contribution in [0.1, 0.15) is 35.6 Å². The van der Waals surface area contributed by atoms with Gasteiger partial charge in [-0.15, -0.1) is 0 Å². The van der Waals surface area contributed by atoms with E-state index in [1.807, 2.05) is 19.9 Å². The van der Waals surface area contributed by atoms with Gasteiger partial charge in [0.25, 0.3) is 0 Å². The Balaban J connectivity index is 2.35. The van der Waals surface area contributed by atoms with Gasteiger partial charge in [0.05, 0.1) is 22.8 Å². The molecule has 3 nitrogen and oxygen atoms in total. The second kappa shape index (κ2) is 7.11. The number of ketones is 1. The number of rotatable bonds is 5. The Morgan fingerprint density at radius 2 is 2.05 bits per heavy atom. The van der Waals surface area contributed by atoms with Crippen LogP contribution in [0.4, 0.5) is 0 Å². The molecular weight excluding hydrogens is 422 g/mol. The lowest BCUT2D eigenvalue weighted by atomic mass is 10.1. The molecule has 0 aliphatic heterocycles. The summed E-state index contributed by atoms with van der Waals surface area (Å²) in [4.78, 5) is 12.5. The molecule has 0 unspecified atom stereocenters. The van der Waals surface area contributed by atoms with Gasteiger partial charge in [0, 0.05) is 20.7 Å². The molecule has 0 radical (unpaired) electrons. The van der Waals surface area contributed by atoms with Crippen molar-refractivity contribution < 1.29 is 4.79 Å². The number of hydrogen-bond donors (Lipinski definition) is 0. The molecule has 0 aliphatic carbocycles. The monoisotopic (exact) mass is 436 g/mol. The van der Waals surface area contributed by atoms with E-state index < -0.39 is 0 Å². The number of aryl methyl sites for hydroxylation is 2. The van der Waals surface area contributed by atoms with Crippen molar-refractivity contribution in [2.75, 3.05) is 0 Å². The molecule has 0 bridgehead atoms. The van der Waals surface area contributed by atoms with Gasteiger partial charge in [-0.2, -0.15) is 5.10 Å². The standard InChI is InChI=1S/C15H15Cl2IN2O/c1-3-12-15(17)13(20(4-2)19-12)8-14(21)10-7-9(16)5-6-11(10)18/h5-7H,3-4,8H2,1-2H3. The Hall–Kier alpha value is -0.590. The summed E-state index contributed by atoms with van der Waals surface area (Å²) in [5, 5.41) is 5.60. The fraction of sp³-hybridized carbons (Fsp3) is 0.333. The molecule has 1 heterocycles. The van der Waals surface area contributed by atoms with Crippen molar-refractivity contribution in [3.05, 3.63) is 48.8 Å². The van der Waals surface area contributed by atoms with Crippen molar-refractivity contribution in [2.45, 2.75) is 33.2 Å². The number of aromatic nitrogens is 2. The summed E-state index contributed by atoms with van der Waals surface area (Å²) >= 11 is 14.5. The molecule has 0 N–H and O–H groups in total. The maximum atomic E-state index is 12.5. The lowest BCUT2D eigenvalue weighted by Crippen LogP contribution is -2.11. The molecule has 0 saturated heterocycles. The molecule has 2 aromatic rings. The predicted molar refractivity (Wildman–Crippen MR) is 94.5 cm³/mol. The van der Waals surface area contributed by atoms with Gasteiger partial charge in [-0.3, -0.25) is 9.48 Å². The summed E-state index contributed by atoms with van der Waals surface area (Å²) in [5.41, 5.74) is 2.24. The predicted octanol–water partition coefficient (Wildman–Crippen LogP) is 4.80. The van der Waals surface area contributed by atoms with Crippen molar-refractivity contribution in [2.24, 2.45) is 0 Å². The van der Waals surface area contributed by atoms with Crippen molar-refractivity contribution in [1.82, 2.24) is 9.78 Å². The molecule has 2 rings (SSSR count). The smallest absolute Gasteiger partial charge is 0.169 e. The van der Waals surface area contributed by atoms with E-state index in [-0.39, 0.29) is 12.2 Å². The van der Waals surface area contributed by atoms with E-state index >= 15 is 0 Å². The average Bonchev–Trinajstić information content (AvgIpc) is 2.77. The first-order valence-electron chi connectivity index (χ1n) is 6.70. The number of Topliss-reactive ketones (excluding diaryl/α,β-unsaturated/α-hetero) is 1. The van der Waals surface area contributed by atoms with E-state index in [0.717, 1.165) is 21.4 Å². The second-order valence-corrected chi connectivity index (χ2v) is 6.58. The van der Waals surface area contributed by atoms with Gasteiger partial charge in [0.15, 0.2) is 5.78 Å². The molecule has 0 aliphatic rings. The minimum atomic E-state index is 0.000975. The zero-order chi connectivity index (χ0) is 15.6. The van der Waals surface area contributed by atoms with Gasteiger partial charge in [0.2, 0.25) is 0 Å². The van der Waals surface area contributed by atoms with Crippen LogP contribution in [0, 0.1) is 3.57 Å². The molecular formula is C15H15Cl2IN2O. The van der Waals surface area contributed by atoms with Crippen LogP contribution >= 0.6 is 45.8 Å². The third kappa shape index (κ3) is 3.60. The first-order chi connectivity index (χ1) is 9.97. The molecule has 112 valence electrons. The zero-order valence-corrected chi connectivity index (χ0v) is 15.5. The Labute approximate surface area is 147 Å². The molecule has 0 saturated carbocycles. The second-order valence-electron chi connectivity index (χ2n) is 4.60. The van der Waals surface area contributed by atoms with Crippen LogP contribution in [0.15, 0.2) is 18.2 Å². The van der Waals surface area contributed by atoms with Gasteiger partial charge >= 0.3 is 0 Å². The number of benzene rings is 1. The number of nitrogens with zero attached hydrogens (tertiary/aromatic N) is 2. The molecule has 6 heteroatoms. The summed E-state index contributed by atoms with van der Waals surface area (Å²) in [7, 11) is 0. The van der Waals surface area contributed by atoms with E-state index in [9.17, 15) is 4.79 Å². The first-order valence-corrected chi connectivity index (χ1v) is 8.53. The van der Waals surface area contributed by atoms with Gasteiger partial charge in [0.1, 0.15) is 0 Å². The Morgan fingerprint density at radius 1 is 1.33 bits per heavy atom. The van der Waals surface area contributed by atoms with Gasteiger partial charge in [-0.25, -0.2) is 0 Å². The highest BCUT2D eigenvalue weighted by atomic mass is 127. The number of carbonyl (C=O) groups excluding carboxylic acids is 1. The van der Waals surface area contributed by atoms with Crippen molar-refractivity contribution in [3.8, 4) is 0 Å². The Kier molecular flexibility index (Phi) is 5.68. The van der Waals surface area contributed by atoms with Crippen LogP contribution in [0.25, 0.3) is 0 Å². The summed E-state index contributed by atoms with van der Waals surface area (Å²) in [6.45, 7) is 4.68. The molecule has 1 aromatic heterocycles. The highest BCUT2D eigenvalue weighted by molar-refractivity contribution is 14.1. The number of hydrogen-bond acceptors (Lipinski definition) is 2. The quantitative estimate of drug-likeness (QED) is 0.498. The normalized spacial score (nSPS) is 10.9. The molecule has 0 fully saturated rings. The molecule has 0 atom stereocenters. The highest BCUT2D eigenvalue weighted by Gasteiger charge is 2.19. The molecule has 21 heavy (non-hydrogen) atoms. The van der Waals surface area contributed by atoms with Crippen LogP contribution in [0.2, 0.25) is 10.0 Å². The van der Waals surface area contributed by atoms with E-state index in [4.69, 9.17) is 23.2 Å². The van der Waals surface area contributed by atoms with Crippen molar-refractivity contribution >= 4 is 51.6 Å². The highest BCUT2D eigenvalue weighted by Crippen LogP contribution is 2.25. The fourth-order valence-corrected chi connectivity index (χ4v) is 3.29. The minimum absolute atomic E-state index is 0.000975. The number of halogens is 3. The van der Waals surface area contributed by atoms with Crippen LogP contribution in [0.3, 0.4) is 0 Å². The topological polar surface area (TPSA) is 34.9 Å². The van der Waals surface area contributed by atoms with Crippen molar-refractivity contribution in [1.29, 1.82) is 0 Å². The summed E-state index contributed by atoms with van der Waals surface area (Å²) in [5.74, 6) is 0.000975. The zero-order valence-electron chi connectivity index (χ0n) is 11.8. The van der Waals surface area contributed by atoms with Crippen LogP contribution in [0.5, 0.6) is 0 Å². The fourth-order valence-electron chi connectivity index (χ4n) is 2.14. The molecule has 1 aromatic carbocycles. The Bertz CT molecular complexity index is 683. The number of carbonyl (C=O) groups is 1. The van der Waals surface area contributed by atoms with E-state index in [2.05, 4.69) is 27.7 Å². The van der Waals surface area contributed by atoms with E-state index in [1.165, 1.54) is 0 Å². The third-order valence-electron chi connectivity index (χ3n) is 3.25. The largest absolute Gasteiger partial charge is 0.294 e. The van der Waals surface area contributed by atoms with Crippen molar-refractivity contribution in [3.63, 3.8) is 0 Å². The van der Waals surface area contributed by atoms with Crippen LogP contribution in [-0.4, -0.2) is 15.6 Å². The van der Waals surface area contributed by atoms with E-state index in [1.54, 1.807) is 16.8 Å². The molecule has 0 amide bonds. The first kappa shape index (κ1) is 16.8. The van der Waals surface area contributed by atoms with Gasteiger partial charge in [-0.1, -0.05) is 30.1 Å². The summed E-state index contributed by atoms with van der Waals surface area (Å²) in [6.07, 6.45) is 0.984. The van der Waals surface area contributed by atoms with Gasteiger partial charge < -0.3 is 0 Å². The van der Waals surface area contributed by atoms with Crippen LogP contribution in [-0.2, 0) is 19.4 Å². The third-order valence-corrected chi connectivity index (χ3v) is 4.86. The average molecular weight is 437 g/mol. The lowest BCUT2D eigenvalue weighted by molar-refractivity contribution is 0.0989. The maximum absolute atomic E-state index is 12.5.